The molecule has 2 heterocycles. The third kappa shape index (κ3) is 5.20. The fourth-order valence-electron chi connectivity index (χ4n) is 2.94. The highest BCUT2D eigenvalue weighted by Crippen LogP contribution is 2.19. The zero-order valence-electron chi connectivity index (χ0n) is 16.6. The number of benzene rings is 1. The first-order valence-electron chi connectivity index (χ1n) is 9.25. The SMILES string of the molecule is Cc1nn(-c2ccccc2)c(C)c1/C=C/C(=O)OCC(=O)N[C@H](C)c1cccs1. The molecule has 1 aromatic carbocycles. The number of thiophene rings is 1. The summed E-state index contributed by atoms with van der Waals surface area (Å²) in [5.41, 5.74) is 3.52. The van der Waals surface area contributed by atoms with Gasteiger partial charge in [0.25, 0.3) is 5.91 Å². The van der Waals surface area contributed by atoms with Crippen LogP contribution in [0.3, 0.4) is 0 Å². The van der Waals surface area contributed by atoms with Gasteiger partial charge in [-0.1, -0.05) is 24.3 Å². The molecule has 0 aliphatic carbocycles. The molecule has 1 atom stereocenters. The van der Waals surface area contributed by atoms with Gasteiger partial charge < -0.3 is 10.1 Å². The van der Waals surface area contributed by atoms with Gasteiger partial charge in [-0.2, -0.15) is 5.10 Å². The molecule has 6 nitrogen and oxygen atoms in total. The number of ether oxygens (including phenoxy) is 1. The molecule has 2 aromatic heterocycles. The van der Waals surface area contributed by atoms with Crippen molar-refractivity contribution in [3.05, 3.63) is 75.7 Å². The summed E-state index contributed by atoms with van der Waals surface area (Å²) in [7, 11) is 0. The normalized spacial score (nSPS) is 12.1. The first kappa shape index (κ1) is 20.5. The lowest BCUT2D eigenvalue weighted by Crippen LogP contribution is -2.30. The number of carbonyl (C=O) groups excluding carboxylic acids is 2. The van der Waals surface area contributed by atoms with Crippen molar-refractivity contribution in [1.82, 2.24) is 15.1 Å². The Bertz CT molecular complexity index is 1010. The number of amides is 1. The van der Waals surface area contributed by atoms with E-state index in [4.69, 9.17) is 4.74 Å². The Morgan fingerprint density at radius 1 is 1.21 bits per heavy atom. The minimum atomic E-state index is -0.574. The molecule has 0 saturated heterocycles. The van der Waals surface area contributed by atoms with E-state index in [1.54, 1.807) is 17.4 Å². The van der Waals surface area contributed by atoms with Crippen LogP contribution in [0.4, 0.5) is 0 Å². The second kappa shape index (κ2) is 9.34. The Morgan fingerprint density at radius 3 is 2.66 bits per heavy atom. The number of nitrogens with one attached hydrogen (secondary N) is 1. The van der Waals surface area contributed by atoms with E-state index in [2.05, 4.69) is 10.4 Å². The second-order valence-corrected chi connectivity index (χ2v) is 7.56. The van der Waals surface area contributed by atoms with E-state index in [1.165, 1.54) is 6.08 Å². The van der Waals surface area contributed by atoms with Gasteiger partial charge in [-0.05, 0) is 50.4 Å². The first-order valence-corrected chi connectivity index (χ1v) is 10.1. The van der Waals surface area contributed by atoms with Gasteiger partial charge >= 0.3 is 5.97 Å². The highest BCUT2D eigenvalue weighted by molar-refractivity contribution is 7.10. The standard InChI is InChI=1S/C22H23N3O3S/c1-15-19(17(3)25(24-15)18-8-5-4-6-9-18)11-12-22(27)28-14-21(26)23-16(2)20-10-7-13-29-20/h4-13,16H,14H2,1-3H3,(H,23,26)/b12-11+/t16-/m1/s1. The van der Waals surface area contributed by atoms with Gasteiger partial charge in [0.2, 0.25) is 0 Å². The van der Waals surface area contributed by atoms with E-state index in [0.717, 1.165) is 27.5 Å². The number of esters is 1. The van der Waals surface area contributed by atoms with Crippen molar-refractivity contribution < 1.29 is 14.3 Å². The molecule has 1 N–H and O–H groups in total. The smallest absolute Gasteiger partial charge is 0.331 e. The van der Waals surface area contributed by atoms with Crippen molar-refractivity contribution in [2.45, 2.75) is 26.8 Å². The minimum Gasteiger partial charge on any atom is -0.452 e. The summed E-state index contributed by atoms with van der Waals surface area (Å²) in [4.78, 5) is 25.0. The summed E-state index contributed by atoms with van der Waals surface area (Å²) in [6.45, 7) is 5.40. The van der Waals surface area contributed by atoms with Gasteiger partial charge in [-0.25, -0.2) is 9.48 Å². The number of hydrogen-bond acceptors (Lipinski definition) is 5. The van der Waals surface area contributed by atoms with Crippen molar-refractivity contribution in [3.8, 4) is 5.69 Å². The van der Waals surface area contributed by atoms with Crippen LogP contribution in [0.5, 0.6) is 0 Å². The highest BCUT2D eigenvalue weighted by Gasteiger charge is 2.13. The molecule has 1 amide bonds. The first-order chi connectivity index (χ1) is 14.0. The van der Waals surface area contributed by atoms with Crippen LogP contribution in [-0.2, 0) is 14.3 Å². The number of para-hydroxylation sites is 1. The molecule has 3 aromatic rings. The van der Waals surface area contributed by atoms with E-state index in [-0.39, 0.29) is 18.6 Å². The van der Waals surface area contributed by atoms with Crippen molar-refractivity contribution in [1.29, 1.82) is 0 Å². The monoisotopic (exact) mass is 409 g/mol. The van der Waals surface area contributed by atoms with Crippen LogP contribution >= 0.6 is 11.3 Å². The number of aromatic nitrogens is 2. The van der Waals surface area contributed by atoms with Gasteiger partial charge in [0.05, 0.1) is 17.4 Å². The molecule has 0 spiro atoms. The van der Waals surface area contributed by atoms with Crippen LogP contribution in [-0.4, -0.2) is 28.3 Å². The van der Waals surface area contributed by atoms with E-state index < -0.39 is 5.97 Å². The van der Waals surface area contributed by atoms with E-state index in [1.807, 2.05) is 73.3 Å². The summed E-state index contributed by atoms with van der Waals surface area (Å²) in [5.74, 6) is -0.910. The second-order valence-electron chi connectivity index (χ2n) is 6.58. The Balaban J connectivity index is 1.57. The molecule has 0 aliphatic heterocycles. The molecular formula is C22H23N3O3S. The zero-order chi connectivity index (χ0) is 20.8. The van der Waals surface area contributed by atoms with Crippen LogP contribution < -0.4 is 5.32 Å². The summed E-state index contributed by atoms with van der Waals surface area (Å²) < 4.78 is 6.89. The third-order valence-corrected chi connectivity index (χ3v) is 5.48. The lowest BCUT2D eigenvalue weighted by molar-refractivity contribution is -0.144. The summed E-state index contributed by atoms with van der Waals surface area (Å²) in [6, 6.07) is 13.5. The number of rotatable bonds is 7. The van der Waals surface area contributed by atoms with Crippen LogP contribution in [0, 0.1) is 13.8 Å². The Labute approximate surface area is 173 Å². The average molecular weight is 410 g/mol. The molecule has 0 unspecified atom stereocenters. The third-order valence-electron chi connectivity index (χ3n) is 4.43. The number of hydrogen-bond donors (Lipinski definition) is 1. The van der Waals surface area contributed by atoms with Gasteiger partial charge in [0.1, 0.15) is 0 Å². The van der Waals surface area contributed by atoms with Crippen LogP contribution in [0.15, 0.2) is 53.9 Å². The molecule has 7 heteroatoms. The summed E-state index contributed by atoms with van der Waals surface area (Å²) >= 11 is 1.56. The fraction of sp³-hybridized carbons (Fsp3) is 0.227. The van der Waals surface area contributed by atoms with Gasteiger partial charge in [-0.15, -0.1) is 11.3 Å². The molecule has 29 heavy (non-hydrogen) atoms. The van der Waals surface area contributed by atoms with Gasteiger partial charge in [-0.3, -0.25) is 4.79 Å². The fourth-order valence-corrected chi connectivity index (χ4v) is 3.68. The van der Waals surface area contributed by atoms with Crippen LogP contribution in [0.1, 0.15) is 34.8 Å². The maximum Gasteiger partial charge on any atom is 0.331 e. The van der Waals surface area contributed by atoms with Gasteiger partial charge in [0, 0.05) is 22.2 Å². The quantitative estimate of drug-likeness (QED) is 0.473. The molecule has 0 bridgehead atoms. The Hall–Kier alpha value is -3.19. The molecule has 3 rings (SSSR count). The average Bonchev–Trinajstić information content (AvgIpc) is 3.34. The number of nitrogens with zero attached hydrogens (tertiary/aromatic N) is 2. The molecule has 0 radical (unpaired) electrons. The van der Waals surface area contributed by atoms with E-state index in [9.17, 15) is 9.59 Å². The maximum absolute atomic E-state index is 12.0. The lowest BCUT2D eigenvalue weighted by Gasteiger charge is -2.11. The molecule has 0 fully saturated rings. The topological polar surface area (TPSA) is 73.2 Å². The van der Waals surface area contributed by atoms with Crippen molar-refractivity contribution in [2.24, 2.45) is 0 Å². The maximum atomic E-state index is 12.0. The summed E-state index contributed by atoms with van der Waals surface area (Å²) in [6.07, 6.45) is 2.99. The molecule has 150 valence electrons. The van der Waals surface area contributed by atoms with Crippen LogP contribution in [0.25, 0.3) is 11.8 Å². The summed E-state index contributed by atoms with van der Waals surface area (Å²) in [5, 5.41) is 9.30. The number of aryl methyl sites for hydroxylation is 1. The zero-order valence-corrected chi connectivity index (χ0v) is 17.4. The van der Waals surface area contributed by atoms with E-state index >= 15 is 0 Å². The minimum absolute atomic E-state index is 0.120. The number of carbonyl (C=O) groups is 2. The van der Waals surface area contributed by atoms with Gasteiger partial charge in [0.15, 0.2) is 6.61 Å². The molecular weight excluding hydrogens is 386 g/mol. The van der Waals surface area contributed by atoms with Crippen molar-refractivity contribution >= 4 is 29.3 Å². The van der Waals surface area contributed by atoms with Crippen molar-refractivity contribution in [3.63, 3.8) is 0 Å². The predicted molar refractivity (Wildman–Crippen MR) is 114 cm³/mol. The molecule has 0 saturated carbocycles. The Morgan fingerprint density at radius 2 is 1.97 bits per heavy atom. The predicted octanol–water partition coefficient (Wildman–Crippen LogP) is 3.98. The lowest BCUT2D eigenvalue weighted by atomic mass is 10.2. The van der Waals surface area contributed by atoms with E-state index in [0.29, 0.717) is 0 Å². The van der Waals surface area contributed by atoms with Crippen LogP contribution in [0.2, 0.25) is 0 Å². The van der Waals surface area contributed by atoms with Crippen molar-refractivity contribution in [2.75, 3.05) is 6.61 Å². The highest BCUT2D eigenvalue weighted by atomic mass is 32.1. The molecule has 0 aliphatic rings. The Kier molecular flexibility index (Phi) is 6.61. The largest absolute Gasteiger partial charge is 0.452 e.